The number of para-hydroxylation sites is 2. The van der Waals surface area contributed by atoms with E-state index in [4.69, 9.17) is 14.2 Å². The topological polar surface area (TPSA) is 85.8 Å². The van der Waals surface area contributed by atoms with Crippen LogP contribution in [0.2, 0.25) is 0 Å². The summed E-state index contributed by atoms with van der Waals surface area (Å²) in [5.41, 5.74) is 3.80. The molecule has 1 amide bonds. The first-order valence-corrected chi connectivity index (χ1v) is 11.7. The number of benzene rings is 3. The van der Waals surface area contributed by atoms with Gasteiger partial charge in [0.2, 0.25) is 5.88 Å². The number of nitrogens with one attached hydrogen (secondary N) is 1. The van der Waals surface area contributed by atoms with Crippen LogP contribution in [0.3, 0.4) is 0 Å². The lowest BCUT2D eigenvalue weighted by Gasteiger charge is -2.28. The molecule has 0 radical (unpaired) electrons. The van der Waals surface area contributed by atoms with Crippen LogP contribution in [0.25, 0.3) is 11.3 Å². The van der Waals surface area contributed by atoms with Gasteiger partial charge in [-0.15, -0.1) is 10.2 Å². The molecule has 8 heteroatoms. The Bertz CT molecular complexity index is 1320. The molecule has 0 spiro atoms. The van der Waals surface area contributed by atoms with Crippen molar-refractivity contribution >= 4 is 17.3 Å². The van der Waals surface area contributed by atoms with Gasteiger partial charge in [0.15, 0.2) is 11.5 Å². The molecule has 5 rings (SSSR count). The fourth-order valence-electron chi connectivity index (χ4n) is 3.94. The summed E-state index contributed by atoms with van der Waals surface area (Å²) < 4.78 is 16.5. The van der Waals surface area contributed by atoms with Gasteiger partial charge in [0, 0.05) is 41.7 Å². The van der Waals surface area contributed by atoms with E-state index >= 15 is 0 Å². The van der Waals surface area contributed by atoms with Crippen LogP contribution in [0.1, 0.15) is 10.4 Å². The van der Waals surface area contributed by atoms with E-state index in [0.29, 0.717) is 28.6 Å². The van der Waals surface area contributed by atoms with Gasteiger partial charge in [0.1, 0.15) is 0 Å². The first-order valence-electron chi connectivity index (χ1n) is 11.7. The van der Waals surface area contributed by atoms with Crippen LogP contribution in [0.4, 0.5) is 11.4 Å². The summed E-state index contributed by atoms with van der Waals surface area (Å²) in [6.07, 6.45) is 0. The Morgan fingerprint density at radius 2 is 1.67 bits per heavy atom. The maximum absolute atomic E-state index is 12.9. The lowest BCUT2D eigenvalue weighted by molar-refractivity contribution is 0.102. The fraction of sp³-hybridized carbons (Fsp3) is 0.179. The van der Waals surface area contributed by atoms with Crippen molar-refractivity contribution in [3.63, 3.8) is 0 Å². The molecule has 1 saturated heterocycles. The van der Waals surface area contributed by atoms with Crippen LogP contribution >= 0.6 is 0 Å². The molecule has 0 unspecified atom stereocenters. The molecule has 36 heavy (non-hydrogen) atoms. The number of morpholine rings is 1. The van der Waals surface area contributed by atoms with Crippen molar-refractivity contribution in [2.75, 3.05) is 43.6 Å². The Morgan fingerprint density at radius 1 is 0.889 bits per heavy atom. The van der Waals surface area contributed by atoms with Crippen molar-refractivity contribution in [3.8, 4) is 28.6 Å². The molecule has 2 heterocycles. The standard InChI is InChI=1S/C28H26N4O4/c1-34-25-7-2-3-8-26(25)36-27-14-13-24(30-31-27)20-5-4-6-21(19-20)28(33)29-22-9-11-23(12-10-22)32-15-17-35-18-16-32/h2-14,19H,15-18H2,1H3,(H,29,33). The summed E-state index contributed by atoms with van der Waals surface area (Å²) >= 11 is 0. The number of hydrogen-bond donors (Lipinski definition) is 1. The molecular weight excluding hydrogens is 456 g/mol. The Hall–Kier alpha value is -4.43. The van der Waals surface area contributed by atoms with Gasteiger partial charge >= 0.3 is 0 Å². The van der Waals surface area contributed by atoms with E-state index in [0.717, 1.165) is 43.2 Å². The number of methoxy groups -OCH3 is 1. The number of hydrogen-bond acceptors (Lipinski definition) is 7. The molecule has 1 aromatic heterocycles. The van der Waals surface area contributed by atoms with E-state index in [2.05, 4.69) is 20.4 Å². The summed E-state index contributed by atoms with van der Waals surface area (Å²) in [4.78, 5) is 15.2. The highest BCUT2D eigenvalue weighted by Gasteiger charge is 2.13. The van der Waals surface area contributed by atoms with Crippen molar-refractivity contribution in [2.45, 2.75) is 0 Å². The maximum atomic E-state index is 12.9. The molecular formula is C28H26N4O4. The summed E-state index contributed by atoms with van der Waals surface area (Å²) in [5.74, 6) is 1.31. The van der Waals surface area contributed by atoms with E-state index in [-0.39, 0.29) is 5.91 Å². The number of anilines is 2. The molecule has 1 N–H and O–H groups in total. The van der Waals surface area contributed by atoms with E-state index in [1.807, 2.05) is 54.6 Å². The first-order chi connectivity index (χ1) is 17.7. The van der Waals surface area contributed by atoms with Crippen LogP contribution < -0.4 is 19.7 Å². The molecule has 0 bridgehead atoms. The van der Waals surface area contributed by atoms with Gasteiger partial charge in [0.05, 0.1) is 26.0 Å². The zero-order valence-corrected chi connectivity index (χ0v) is 19.9. The number of ether oxygens (including phenoxy) is 3. The minimum atomic E-state index is -0.194. The van der Waals surface area contributed by atoms with Gasteiger partial charge in [0.25, 0.3) is 5.91 Å². The van der Waals surface area contributed by atoms with E-state index in [1.54, 1.807) is 37.4 Å². The number of carbonyl (C=O) groups excluding carboxylic acids is 1. The second-order valence-electron chi connectivity index (χ2n) is 8.19. The summed E-state index contributed by atoms with van der Waals surface area (Å²) in [7, 11) is 1.58. The number of rotatable bonds is 7. The Kier molecular flexibility index (Phi) is 7.05. The molecule has 182 valence electrons. The molecule has 1 fully saturated rings. The van der Waals surface area contributed by atoms with Crippen molar-refractivity contribution in [1.29, 1.82) is 0 Å². The highest BCUT2D eigenvalue weighted by Crippen LogP contribution is 2.30. The normalized spacial score (nSPS) is 13.2. The molecule has 8 nitrogen and oxygen atoms in total. The van der Waals surface area contributed by atoms with Crippen molar-refractivity contribution < 1.29 is 19.0 Å². The smallest absolute Gasteiger partial charge is 0.255 e. The van der Waals surface area contributed by atoms with Crippen LogP contribution in [-0.4, -0.2) is 49.5 Å². The van der Waals surface area contributed by atoms with E-state index < -0.39 is 0 Å². The minimum absolute atomic E-state index is 0.194. The third kappa shape index (κ3) is 5.45. The molecule has 1 aliphatic rings. The highest BCUT2D eigenvalue weighted by molar-refractivity contribution is 6.05. The van der Waals surface area contributed by atoms with Gasteiger partial charge in [-0.3, -0.25) is 4.79 Å². The third-order valence-electron chi connectivity index (χ3n) is 5.85. The minimum Gasteiger partial charge on any atom is -0.493 e. The van der Waals surface area contributed by atoms with Crippen LogP contribution in [0.15, 0.2) is 84.9 Å². The molecule has 1 aliphatic heterocycles. The van der Waals surface area contributed by atoms with Gasteiger partial charge in [-0.05, 0) is 54.6 Å². The predicted octanol–water partition coefficient (Wildman–Crippen LogP) is 5.03. The van der Waals surface area contributed by atoms with Crippen molar-refractivity contribution in [1.82, 2.24) is 10.2 Å². The Morgan fingerprint density at radius 3 is 2.39 bits per heavy atom. The van der Waals surface area contributed by atoms with Crippen molar-refractivity contribution in [3.05, 3.63) is 90.5 Å². The van der Waals surface area contributed by atoms with E-state index in [1.165, 1.54) is 0 Å². The van der Waals surface area contributed by atoms with Gasteiger partial charge in [-0.2, -0.15) is 0 Å². The quantitative estimate of drug-likeness (QED) is 0.395. The largest absolute Gasteiger partial charge is 0.493 e. The average molecular weight is 483 g/mol. The number of carbonyl (C=O) groups is 1. The number of nitrogens with zero attached hydrogens (tertiary/aromatic N) is 3. The van der Waals surface area contributed by atoms with Crippen LogP contribution in [0.5, 0.6) is 17.4 Å². The molecule has 0 saturated carbocycles. The number of amides is 1. The molecule has 0 aliphatic carbocycles. The monoisotopic (exact) mass is 482 g/mol. The second kappa shape index (κ2) is 10.9. The summed E-state index contributed by atoms with van der Waals surface area (Å²) in [6.45, 7) is 3.21. The SMILES string of the molecule is COc1ccccc1Oc1ccc(-c2cccc(C(=O)Nc3ccc(N4CCOCC4)cc3)c2)nn1. The fourth-order valence-corrected chi connectivity index (χ4v) is 3.94. The maximum Gasteiger partial charge on any atom is 0.255 e. The zero-order chi connectivity index (χ0) is 24.7. The van der Waals surface area contributed by atoms with Crippen LogP contribution in [0, 0.1) is 0 Å². The first kappa shape index (κ1) is 23.3. The molecule has 3 aromatic carbocycles. The van der Waals surface area contributed by atoms with Crippen LogP contribution in [-0.2, 0) is 4.74 Å². The lowest BCUT2D eigenvalue weighted by atomic mass is 10.1. The number of aromatic nitrogens is 2. The predicted molar refractivity (Wildman–Crippen MR) is 138 cm³/mol. The Labute approximate surface area is 209 Å². The van der Waals surface area contributed by atoms with Crippen molar-refractivity contribution in [2.24, 2.45) is 0 Å². The van der Waals surface area contributed by atoms with Gasteiger partial charge < -0.3 is 24.4 Å². The summed E-state index contributed by atoms with van der Waals surface area (Å²) in [5, 5.41) is 11.4. The van der Waals surface area contributed by atoms with Gasteiger partial charge in [-0.1, -0.05) is 24.3 Å². The molecule has 0 atom stereocenters. The average Bonchev–Trinajstić information content (AvgIpc) is 2.95. The zero-order valence-electron chi connectivity index (χ0n) is 19.9. The highest BCUT2D eigenvalue weighted by atomic mass is 16.5. The van der Waals surface area contributed by atoms with E-state index in [9.17, 15) is 4.79 Å². The second-order valence-corrected chi connectivity index (χ2v) is 8.19. The van der Waals surface area contributed by atoms with Gasteiger partial charge in [-0.25, -0.2) is 0 Å². The lowest BCUT2D eigenvalue weighted by Crippen LogP contribution is -2.36. The Balaban J connectivity index is 1.25. The summed E-state index contributed by atoms with van der Waals surface area (Å²) in [6, 6.07) is 26.0. The molecule has 4 aromatic rings. The third-order valence-corrected chi connectivity index (χ3v) is 5.85.